The average molecular weight is 424 g/mol. The third-order valence-electron chi connectivity index (χ3n) is 5.97. The van der Waals surface area contributed by atoms with Crippen LogP contribution in [0, 0.1) is 17.8 Å². The highest BCUT2D eigenvalue weighted by molar-refractivity contribution is 7.13. The molecule has 1 aromatic carbocycles. The summed E-state index contributed by atoms with van der Waals surface area (Å²) in [6.45, 7) is 4.25. The van der Waals surface area contributed by atoms with Crippen LogP contribution in [0.2, 0.25) is 0 Å². The summed E-state index contributed by atoms with van der Waals surface area (Å²) in [5.74, 6) is 7.05. The number of nitrogens with zero attached hydrogens (tertiary/aromatic N) is 2. The largest absolute Gasteiger partial charge is 0.379 e. The van der Waals surface area contributed by atoms with Gasteiger partial charge in [-0.2, -0.15) is 0 Å². The molecule has 1 amide bonds. The number of aromatic nitrogens is 1. The quantitative estimate of drug-likeness (QED) is 0.710. The van der Waals surface area contributed by atoms with Crippen LogP contribution >= 0.6 is 11.3 Å². The predicted molar refractivity (Wildman–Crippen MR) is 121 cm³/mol. The van der Waals surface area contributed by atoms with Crippen molar-refractivity contribution in [3.8, 4) is 11.8 Å². The van der Waals surface area contributed by atoms with Crippen molar-refractivity contribution in [3.63, 3.8) is 0 Å². The third-order valence-corrected chi connectivity index (χ3v) is 6.66. The zero-order chi connectivity index (χ0) is 20.6. The molecule has 1 N–H and O–H groups in total. The number of benzene rings is 1. The second-order valence-electron chi connectivity index (χ2n) is 8.08. The summed E-state index contributed by atoms with van der Waals surface area (Å²) in [5, 5.41) is 5.55. The number of hydrogen-bond acceptors (Lipinski definition) is 5. The molecule has 0 bridgehead atoms. The van der Waals surface area contributed by atoms with Crippen LogP contribution in [0.5, 0.6) is 0 Å². The number of morpholine rings is 1. The average Bonchev–Trinajstić information content (AvgIpc) is 3.48. The van der Waals surface area contributed by atoms with Gasteiger partial charge in [-0.15, -0.1) is 11.3 Å². The lowest BCUT2D eigenvalue weighted by atomic mass is 9.87. The lowest BCUT2D eigenvalue weighted by molar-refractivity contribution is -0.118. The fourth-order valence-electron chi connectivity index (χ4n) is 4.26. The van der Waals surface area contributed by atoms with Crippen LogP contribution in [0.25, 0.3) is 0 Å². The molecule has 1 unspecified atom stereocenters. The highest BCUT2D eigenvalue weighted by Gasteiger charge is 2.27. The third kappa shape index (κ3) is 5.91. The smallest absolute Gasteiger partial charge is 0.233 e. The molecule has 1 aliphatic heterocycles. The standard InChI is InChI=1S/C24H29N3O2S/c28-23(26-24-25-11-17-30-24)22(18-20-4-1-2-5-20)21-9-7-19(8-10-21)6-3-12-27-13-15-29-16-14-27/h7-11,17,20,22H,1-2,4-5,12-16,18H2,(H,25,26,28). The molecule has 1 aromatic heterocycles. The van der Waals surface area contributed by atoms with Crippen molar-refractivity contribution in [2.24, 2.45) is 5.92 Å². The Morgan fingerprint density at radius 2 is 2.00 bits per heavy atom. The van der Waals surface area contributed by atoms with E-state index in [0.717, 1.165) is 50.4 Å². The van der Waals surface area contributed by atoms with Crippen LogP contribution in [0.4, 0.5) is 5.13 Å². The number of carbonyl (C=O) groups excluding carboxylic acids is 1. The van der Waals surface area contributed by atoms with E-state index in [9.17, 15) is 4.79 Å². The van der Waals surface area contributed by atoms with E-state index in [4.69, 9.17) is 4.74 Å². The zero-order valence-corrected chi connectivity index (χ0v) is 18.1. The Balaban J connectivity index is 1.42. The van der Waals surface area contributed by atoms with E-state index in [-0.39, 0.29) is 11.8 Å². The van der Waals surface area contributed by atoms with E-state index >= 15 is 0 Å². The lowest BCUT2D eigenvalue weighted by Crippen LogP contribution is -2.36. The number of rotatable bonds is 6. The van der Waals surface area contributed by atoms with E-state index in [1.165, 1.54) is 37.0 Å². The normalized spacial score (nSPS) is 18.5. The summed E-state index contributed by atoms with van der Waals surface area (Å²) in [6, 6.07) is 8.22. The molecule has 0 radical (unpaired) electrons. The molecule has 158 valence electrons. The fraction of sp³-hybridized carbons (Fsp3) is 0.500. The zero-order valence-electron chi connectivity index (χ0n) is 17.3. The Morgan fingerprint density at radius 3 is 2.70 bits per heavy atom. The van der Waals surface area contributed by atoms with Gasteiger partial charge in [0.1, 0.15) is 0 Å². The van der Waals surface area contributed by atoms with Gasteiger partial charge in [-0.05, 0) is 30.0 Å². The molecule has 6 heteroatoms. The molecule has 2 heterocycles. The summed E-state index contributed by atoms with van der Waals surface area (Å²) in [5.41, 5.74) is 2.06. The molecule has 1 atom stereocenters. The van der Waals surface area contributed by atoms with Crippen molar-refractivity contribution >= 4 is 22.4 Å². The van der Waals surface area contributed by atoms with E-state index in [1.54, 1.807) is 6.20 Å². The highest BCUT2D eigenvalue weighted by atomic mass is 32.1. The molecular weight excluding hydrogens is 394 g/mol. The maximum atomic E-state index is 13.0. The van der Waals surface area contributed by atoms with Crippen molar-refractivity contribution < 1.29 is 9.53 Å². The van der Waals surface area contributed by atoms with E-state index in [1.807, 2.05) is 17.5 Å². The van der Waals surface area contributed by atoms with Gasteiger partial charge in [0.05, 0.1) is 25.7 Å². The Hall–Kier alpha value is -2.20. The van der Waals surface area contributed by atoms with Crippen LogP contribution < -0.4 is 5.32 Å². The van der Waals surface area contributed by atoms with Crippen molar-refractivity contribution in [1.82, 2.24) is 9.88 Å². The van der Waals surface area contributed by atoms with Crippen LogP contribution in [0.3, 0.4) is 0 Å². The van der Waals surface area contributed by atoms with E-state index < -0.39 is 0 Å². The topological polar surface area (TPSA) is 54.5 Å². The molecule has 2 aliphatic rings. The first-order valence-electron chi connectivity index (χ1n) is 10.9. The van der Waals surface area contributed by atoms with Crippen LogP contribution in [-0.4, -0.2) is 48.6 Å². The van der Waals surface area contributed by atoms with Crippen LogP contribution in [-0.2, 0) is 9.53 Å². The Bertz CT molecular complexity index is 858. The van der Waals surface area contributed by atoms with Gasteiger partial charge in [-0.1, -0.05) is 49.7 Å². The minimum absolute atomic E-state index is 0.0444. The van der Waals surface area contributed by atoms with Gasteiger partial charge in [-0.3, -0.25) is 9.69 Å². The molecule has 5 nitrogen and oxygen atoms in total. The summed E-state index contributed by atoms with van der Waals surface area (Å²) < 4.78 is 5.37. The summed E-state index contributed by atoms with van der Waals surface area (Å²) in [7, 11) is 0. The molecule has 2 fully saturated rings. The second kappa shape index (κ2) is 10.7. The molecule has 2 aromatic rings. The first kappa shape index (κ1) is 21.0. The monoisotopic (exact) mass is 423 g/mol. The Morgan fingerprint density at radius 1 is 1.23 bits per heavy atom. The van der Waals surface area contributed by atoms with Crippen molar-refractivity contribution in [3.05, 3.63) is 47.0 Å². The Labute approximate surface area is 182 Å². The van der Waals surface area contributed by atoms with Gasteiger partial charge in [0.15, 0.2) is 5.13 Å². The minimum Gasteiger partial charge on any atom is -0.379 e. The lowest BCUT2D eigenvalue weighted by Gasteiger charge is -2.24. The first-order valence-corrected chi connectivity index (χ1v) is 11.8. The molecule has 0 spiro atoms. The van der Waals surface area contributed by atoms with Gasteiger partial charge in [-0.25, -0.2) is 4.98 Å². The van der Waals surface area contributed by atoms with Gasteiger partial charge in [0.25, 0.3) is 0 Å². The first-order chi connectivity index (χ1) is 14.8. The number of hydrogen-bond donors (Lipinski definition) is 1. The molecule has 1 saturated heterocycles. The van der Waals surface area contributed by atoms with Gasteiger partial charge in [0, 0.05) is 30.2 Å². The second-order valence-corrected chi connectivity index (χ2v) is 8.97. The molecular formula is C24H29N3O2S. The number of thiazole rings is 1. The Kier molecular flexibility index (Phi) is 7.52. The highest BCUT2D eigenvalue weighted by Crippen LogP contribution is 2.35. The number of nitrogens with one attached hydrogen (secondary N) is 1. The van der Waals surface area contributed by atoms with Gasteiger partial charge in [0.2, 0.25) is 5.91 Å². The van der Waals surface area contributed by atoms with Crippen molar-refractivity contribution in [2.45, 2.75) is 38.0 Å². The van der Waals surface area contributed by atoms with Crippen molar-refractivity contribution in [1.29, 1.82) is 0 Å². The maximum Gasteiger partial charge on any atom is 0.233 e. The fourth-order valence-corrected chi connectivity index (χ4v) is 4.79. The van der Waals surface area contributed by atoms with Crippen LogP contribution in [0.1, 0.15) is 49.1 Å². The SMILES string of the molecule is O=C(Nc1nccs1)C(CC1CCCC1)c1ccc(C#CCN2CCOCC2)cc1. The number of carbonyl (C=O) groups is 1. The van der Waals surface area contributed by atoms with Gasteiger partial charge < -0.3 is 10.1 Å². The summed E-state index contributed by atoms with van der Waals surface area (Å²) in [4.78, 5) is 19.6. The molecule has 4 rings (SSSR count). The number of anilines is 1. The van der Waals surface area contributed by atoms with E-state index in [2.05, 4.69) is 39.2 Å². The van der Waals surface area contributed by atoms with Gasteiger partial charge >= 0.3 is 0 Å². The van der Waals surface area contributed by atoms with E-state index in [0.29, 0.717) is 11.0 Å². The number of ether oxygens (including phenoxy) is 1. The van der Waals surface area contributed by atoms with Crippen LogP contribution in [0.15, 0.2) is 35.8 Å². The molecule has 1 aliphatic carbocycles. The molecule has 1 saturated carbocycles. The summed E-state index contributed by atoms with van der Waals surface area (Å²) in [6.07, 6.45) is 7.64. The predicted octanol–water partition coefficient (Wildman–Crippen LogP) is 4.13. The van der Waals surface area contributed by atoms with Crippen molar-refractivity contribution in [2.75, 3.05) is 38.2 Å². The minimum atomic E-state index is -0.146. The molecule has 30 heavy (non-hydrogen) atoms. The maximum absolute atomic E-state index is 13.0. The summed E-state index contributed by atoms with van der Waals surface area (Å²) >= 11 is 1.46. The number of amides is 1.